The number of hydrogen-bond donors (Lipinski definition) is 2. The maximum absolute atomic E-state index is 9.46. The molecule has 0 spiro atoms. The van der Waals surface area contributed by atoms with Crippen molar-refractivity contribution in [1.29, 1.82) is 0 Å². The van der Waals surface area contributed by atoms with Crippen LogP contribution in [0.1, 0.15) is 45.1 Å². The van der Waals surface area contributed by atoms with Crippen LogP contribution in [0.5, 0.6) is 0 Å². The first-order valence-corrected chi connectivity index (χ1v) is 7.85. The lowest BCUT2D eigenvalue weighted by Gasteiger charge is -2.24. The second-order valence-electron chi connectivity index (χ2n) is 5.69. The first-order valence-electron chi connectivity index (χ1n) is 7.47. The van der Waals surface area contributed by atoms with Gasteiger partial charge in [0, 0.05) is 12.6 Å². The lowest BCUT2D eigenvalue weighted by Crippen LogP contribution is -2.18. The third-order valence-electron chi connectivity index (χ3n) is 3.93. The summed E-state index contributed by atoms with van der Waals surface area (Å²) in [6.45, 7) is 2.14. The van der Waals surface area contributed by atoms with Crippen molar-refractivity contribution >= 4 is 28.6 Å². The van der Waals surface area contributed by atoms with Gasteiger partial charge in [-0.1, -0.05) is 19.3 Å². The molecule has 2 aromatic heterocycles. The van der Waals surface area contributed by atoms with E-state index in [2.05, 4.69) is 24.8 Å². The standard InChI is InChI=1S/C14H20ClN5O/c1-9(21)7-16-12-11-13(19-14(15)18-12)17-8-20(11)10-5-3-2-4-6-10/h8-10,21H,2-7H2,1H3,(H,16,18,19). The van der Waals surface area contributed by atoms with Crippen LogP contribution in [0.2, 0.25) is 5.28 Å². The van der Waals surface area contributed by atoms with E-state index in [4.69, 9.17) is 11.6 Å². The van der Waals surface area contributed by atoms with Crippen LogP contribution >= 0.6 is 11.6 Å². The van der Waals surface area contributed by atoms with Crippen molar-refractivity contribution in [3.63, 3.8) is 0 Å². The summed E-state index contributed by atoms with van der Waals surface area (Å²) in [6, 6.07) is 0.445. The third kappa shape index (κ3) is 3.11. The predicted octanol–water partition coefficient (Wildman–Crippen LogP) is 2.78. The van der Waals surface area contributed by atoms with E-state index < -0.39 is 6.10 Å². The molecule has 0 aromatic carbocycles. The van der Waals surface area contributed by atoms with Gasteiger partial charge in [-0.15, -0.1) is 0 Å². The Morgan fingerprint density at radius 2 is 2.14 bits per heavy atom. The van der Waals surface area contributed by atoms with Gasteiger partial charge in [-0.3, -0.25) is 0 Å². The molecule has 1 unspecified atom stereocenters. The lowest BCUT2D eigenvalue weighted by molar-refractivity contribution is 0.208. The number of rotatable bonds is 4. The second kappa shape index (κ2) is 6.15. The molecule has 1 aliphatic carbocycles. The first kappa shape index (κ1) is 14.5. The van der Waals surface area contributed by atoms with Gasteiger partial charge in [-0.05, 0) is 31.4 Å². The highest BCUT2D eigenvalue weighted by Crippen LogP contribution is 2.32. The normalized spacial score (nSPS) is 18.0. The molecule has 114 valence electrons. The fourth-order valence-corrected chi connectivity index (χ4v) is 3.09. The summed E-state index contributed by atoms with van der Waals surface area (Å²) in [6.07, 6.45) is 7.48. The molecule has 0 amide bonds. The Bertz CT molecular complexity index is 621. The highest BCUT2D eigenvalue weighted by Gasteiger charge is 2.21. The van der Waals surface area contributed by atoms with Crippen LogP contribution in [-0.2, 0) is 0 Å². The van der Waals surface area contributed by atoms with Crippen molar-refractivity contribution in [2.75, 3.05) is 11.9 Å². The fraction of sp³-hybridized carbons (Fsp3) is 0.643. The number of halogens is 1. The highest BCUT2D eigenvalue weighted by molar-refractivity contribution is 6.28. The molecule has 0 radical (unpaired) electrons. The summed E-state index contributed by atoms with van der Waals surface area (Å²) < 4.78 is 2.16. The van der Waals surface area contributed by atoms with Crippen LogP contribution in [-0.4, -0.2) is 37.3 Å². The average Bonchev–Trinajstić information content (AvgIpc) is 2.89. The molecule has 1 aliphatic rings. The van der Waals surface area contributed by atoms with Gasteiger partial charge in [-0.2, -0.15) is 9.97 Å². The Morgan fingerprint density at radius 1 is 1.38 bits per heavy atom. The summed E-state index contributed by atoms with van der Waals surface area (Å²) in [5.74, 6) is 0.647. The Hall–Kier alpha value is -1.40. The van der Waals surface area contributed by atoms with E-state index in [1.807, 2.05) is 6.33 Å². The molecule has 2 aromatic rings. The number of imidazole rings is 1. The minimum Gasteiger partial charge on any atom is -0.392 e. The van der Waals surface area contributed by atoms with Crippen LogP contribution < -0.4 is 5.32 Å². The van der Waals surface area contributed by atoms with E-state index in [9.17, 15) is 5.11 Å². The monoisotopic (exact) mass is 309 g/mol. The maximum Gasteiger partial charge on any atom is 0.226 e. The summed E-state index contributed by atoms with van der Waals surface area (Å²) in [5, 5.41) is 12.8. The van der Waals surface area contributed by atoms with Gasteiger partial charge >= 0.3 is 0 Å². The molecule has 3 rings (SSSR count). The second-order valence-corrected chi connectivity index (χ2v) is 6.03. The molecule has 1 saturated carbocycles. The SMILES string of the molecule is CC(O)CNc1nc(Cl)nc2ncn(C3CCCCC3)c12. The van der Waals surface area contributed by atoms with Crippen molar-refractivity contribution in [3.05, 3.63) is 11.6 Å². The molecule has 21 heavy (non-hydrogen) atoms. The summed E-state index contributed by atoms with van der Waals surface area (Å²) in [5.41, 5.74) is 1.49. The minimum absolute atomic E-state index is 0.171. The quantitative estimate of drug-likeness (QED) is 0.849. The van der Waals surface area contributed by atoms with E-state index in [0.29, 0.717) is 24.1 Å². The molecule has 2 heterocycles. The van der Waals surface area contributed by atoms with Gasteiger partial charge in [0.2, 0.25) is 5.28 Å². The smallest absolute Gasteiger partial charge is 0.226 e. The van der Waals surface area contributed by atoms with Gasteiger partial charge in [0.25, 0.3) is 0 Å². The molecule has 0 saturated heterocycles. The van der Waals surface area contributed by atoms with E-state index in [-0.39, 0.29) is 5.28 Å². The number of aliphatic hydroxyl groups is 1. The van der Waals surface area contributed by atoms with Gasteiger partial charge in [0.15, 0.2) is 11.5 Å². The van der Waals surface area contributed by atoms with Crippen molar-refractivity contribution in [2.45, 2.75) is 51.2 Å². The molecule has 1 fully saturated rings. The maximum atomic E-state index is 9.46. The van der Waals surface area contributed by atoms with Gasteiger partial charge in [0.1, 0.15) is 5.52 Å². The zero-order chi connectivity index (χ0) is 14.8. The summed E-state index contributed by atoms with van der Waals surface area (Å²) in [4.78, 5) is 12.8. The number of nitrogens with zero attached hydrogens (tertiary/aromatic N) is 4. The number of anilines is 1. The van der Waals surface area contributed by atoms with E-state index in [0.717, 1.165) is 18.4 Å². The van der Waals surface area contributed by atoms with Crippen molar-refractivity contribution in [3.8, 4) is 0 Å². The number of aromatic nitrogens is 4. The fourth-order valence-electron chi connectivity index (χ4n) is 2.92. The number of hydrogen-bond acceptors (Lipinski definition) is 5. The Labute approximate surface area is 128 Å². The lowest BCUT2D eigenvalue weighted by atomic mass is 9.95. The van der Waals surface area contributed by atoms with Crippen LogP contribution in [0.4, 0.5) is 5.82 Å². The summed E-state index contributed by atoms with van der Waals surface area (Å²) >= 11 is 5.96. The summed E-state index contributed by atoms with van der Waals surface area (Å²) in [7, 11) is 0. The molecular weight excluding hydrogens is 290 g/mol. The van der Waals surface area contributed by atoms with Crippen molar-refractivity contribution in [1.82, 2.24) is 19.5 Å². The third-order valence-corrected chi connectivity index (χ3v) is 4.10. The van der Waals surface area contributed by atoms with Crippen LogP contribution in [0.25, 0.3) is 11.2 Å². The average molecular weight is 310 g/mol. The Morgan fingerprint density at radius 3 is 2.86 bits per heavy atom. The van der Waals surface area contributed by atoms with Crippen LogP contribution in [0.3, 0.4) is 0 Å². The van der Waals surface area contributed by atoms with Crippen molar-refractivity contribution < 1.29 is 5.11 Å². The molecule has 0 bridgehead atoms. The van der Waals surface area contributed by atoms with Crippen molar-refractivity contribution in [2.24, 2.45) is 0 Å². The number of nitrogens with one attached hydrogen (secondary N) is 1. The Balaban J connectivity index is 2.00. The number of fused-ring (bicyclic) bond motifs is 1. The van der Waals surface area contributed by atoms with E-state index in [1.165, 1.54) is 19.3 Å². The number of aliphatic hydroxyl groups excluding tert-OH is 1. The highest BCUT2D eigenvalue weighted by atomic mass is 35.5. The molecule has 0 aliphatic heterocycles. The van der Waals surface area contributed by atoms with Crippen LogP contribution in [0.15, 0.2) is 6.33 Å². The van der Waals surface area contributed by atoms with Gasteiger partial charge in [0.05, 0.1) is 12.4 Å². The van der Waals surface area contributed by atoms with Gasteiger partial charge in [-0.25, -0.2) is 4.98 Å². The van der Waals surface area contributed by atoms with E-state index >= 15 is 0 Å². The van der Waals surface area contributed by atoms with E-state index in [1.54, 1.807) is 6.92 Å². The zero-order valence-corrected chi connectivity index (χ0v) is 12.8. The molecule has 1 atom stereocenters. The first-order chi connectivity index (χ1) is 10.1. The molecule has 2 N–H and O–H groups in total. The minimum atomic E-state index is -0.458. The molecular formula is C14H20ClN5O. The van der Waals surface area contributed by atoms with Crippen LogP contribution in [0, 0.1) is 0 Å². The zero-order valence-electron chi connectivity index (χ0n) is 12.1. The predicted molar refractivity (Wildman–Crippen MR) is 82.6 cm³/mol. The van der Waals surface area contributed by atoms with Gasteiger partial charge < -0.3 is 15.0 Å². The topological polar surface area (TPSA) is 75.9 Å². The molecule has 6 nitrogen and oxygen atoms in total. The Kier molecular flexibility index (Phi) is 4.26. The largest absolute Gasteiger partial charge is 0.392 e. The molecule has 7 heteroatoms.